The Labute approximate surface area is 76.9 Å². The molecule has 0 aromatic carbocycles. The summed E-state index contributed by atoms with van der Waals surface area (Å²) in [6.45, 7) is 0. The van der Waals surface area contributed by atoms with Crippen molar-refractivity contribution in [3.8, 4) is 0 Å². The number of aromatic nitrogens is 3. The van der Waals surface area contributed by atoms with Gasteiger partial charge in [0.15, 0.2) is 0 Å². The van der Waals surface area contributed by atoms with Crippen molar-refractivity contribution in [1.29, 1.82) is 0 Å². The summed E-state index contributed by atoms with van der Waals surface area (Å²) in [5.41, 5.74) is 1.11. The van der Waals surface area contributed by atoms with Crippen LogP contribution in [0.5, 0.6) is 0 Å². The first-order valence-electron chi connectivity index (χ1n) is 4.33. The van der Waals surface area contributed by atoms with Gasteiger partial charge in [-0.1, -0.05) is 6.07 Å². The van der Waals surface area contributed by atoms with Gasteiger partial charge in [0.1, 0.15) is 5.82 Å². The van der Waals surface area contributed by atoms with Gasteiger partial charge < -0.3 is 4.98 Å². The second kappa shape index (κ2) is 3.85. The van der Waals surface area contributed by atoms with Gasteiger partial charge in [0.05, 0.1) is 0 Å². The average molecular weight is 173 g/mol. The van der Waals surface area contributed by atoms with Gasteiger partial charge in [-0.2, -0.15) is 0 Å². The lowest BCUT2D eigenvalue weighted by Crippen LogP contribution is -1.94. The van der Waals surface area contributed by atoms with Gasteiger partial charge in [-0.05, 0) is 18.6 Å². The topological polar surface area (TPSA) is 41.6 Å². The summed E-state index contributed by atoms with van der Waals surface area (Å²) in [6, 6.07) is 5.96. The fraction of sp³-hybridized carbons (Fsp3) is 0.200. The minimum Gasteiger partial charge on any atom is -0.349 e. The zero-order chi connectivity index (χ0) is 8.93. The van der Waals surface area contributed by atoms with Crippen LogP contribution >= 0.6 is 0 Å². The van der Waals surface area contributed by atoms with Gasteiger partial charge in [0.2, 0.25) is 0 Å². The zero-order valence-corrected chi connectivity index (χ0v) is 7.27. The van der Waals surface area contributed by atoms with Crippen molar-refractivity contribution < 1.29 is 0 Å². The van der Waals surface area contributed by atoms with Crippen molar-refractivity contribution in [3.63, 3.8) is 0 Å². The first-order chi connectivity index (χ1) is 6.45. The molecule has 0 saturated carbocycles. The van der Waals surface area contributed by atoms with E-state index in [0.717, 1.165) is 24.4 Å². The van der Waals surface area contributed by atoms with Crippen LogP contribution in [0.2, 0.25) is 0 Å². The van der Waals surface area contributed by atoms with Crippen LogP contribution in [0.4, 0.5) is 0 Å². The fourth-order valence-electron chi connectivity index (χ4n) is 1.23. The van der Waals surface area contributed by atoms with Gasteiger partial charge in [-0.15, -0.1) is 0 Å². The summed E-state index contributed by atoms with van der Waals surface area (Å²) in [4.78, 5) is 11.5. The molecule has 66 valence electrons. The van der Waals surface area contributed by atoms with Crippen molar-refractivity contribution >= 4 is 0 Å². The van der Waals surface area contributed by atoms with Crippen molar-refractivity contribution in [3.05, 3.63) is 48.3 Å². The SMILES string of the molecule is c1ccc(CCc2ncc[nH]2)nc1. The monoisotopic (exact) mass is 173 g/mol. The molecule has 0 bridgehead atoms. The lowest BCUT2D eigenvalue weighted by molar-refractivity contribution is 0.856. The average Bonchev–Trinajstić information content (AvgIpc) is 2.69. The molecule has 2 aromatic heterocycles. The third-order valence-corrected chi connectivity index (χ3v) is 1.90. The molecule has 0 spiro atoms. The van der Waals surface area contributed by atoms with Gasteiger partial charge in [-0.3, -0.25) is 4.98 Å². The Hall–Kier alpha value is -1.64. The van der Waals surface area contributed by atoms with Gasteiger partial charge in [0.25, 0.3) is 0 Å². The highest BCUT2D eigenvalue weighted by Crippen LogP contribution is 1.99. The number of nitrogens with one attached hydrogen (secondary N) is 1. The highest BCUT2D eigenvalue weighted by Gasteiger charge is 1.96. The van der Waals surface area contributed by atoms with E-state index in [4.69, 9.17) is 0 Å². The number of aryl methyl sites for hydroxylation is 2. The molecule has 0 amide bonds. The van der Waals surface area contributed by atoms with E-state index in [0.29, 0.717) is 0 Å². The maximum atomic E-state index is 4.24. The molecule has 0 aliphatic rings. The van der Waals surface area contributed by atoms with E-state index in [-0.39, 0.29) is 0 Å². The Morgan fingerprint density at radius 2 is 2.08 bits per heavy atom. The Balaban J connectivity index is 1.94. The van der Waals surface area contributed by atoms with Crippen molar-refractivity contribution in [1.82, 2.24) is 15.0 Å². The summed E-state index contributed by atoms with van der Waals surface area (Å²) >= 11 is 0. The zero-order valence-electron chi connectivity index (χ0n) is 7.27. The quantitative estimate of drug-likeness (QED) is 0.765. The first-order valence-corrected chi connectivity index (χ1v) is 4.33. The number of nitrogens with zero attached hydrogens (tertiary/aromatic N) is 2. The van der Waals surface area contributed by atoms with Gasteiger partial charge in [-0.25, -0.2) is 4.98 Å². The molecule has 1 N–H and O–H groups in total. The molecular formula is C10H11N3. The van der Waals surface area contributed by atoms with E-state index in [2.05, 4.69) is 15.0 Å². The molecule has 13 heavy (non-hydrogen) atoms. The lowest BCUT2D eigenvalue weighted by atomic mass is 10.2. The standard InChI is InChI=1S/C10H11N3/c1-2-6-11-9(3-1)4-5-10-12-7-8-13-10/h1-3,6-8H,4-5H2,(H,12,13). The summed E-state index contributed by atoms with van der Waals surface area (Å²) in [7, 11) is 0. The molecule has 0 radical (unpaired) electrons. The molecule has 0 unspecified atom stereocenters. The molecule has 0 saturated heterocycles. The molecule has 0 aliphatic carbocycles. The van der Waals surface area contributed by atoms with Crippen molar-refractivity contribution in [2.75, 3.05) is 0 Å². The molecule has 0 aliphatic heterocycles. The van der Waals surface area contributed by atoms with Crippen LogP contribution in [-0.4, -0.2) is 15.0 Å². The summed E-state index contributed by atoms with van der Waals surface area (Å²) in [5.74, 6) is 1.02. The number of rotatable bonds is 3. The van der Waals surface area contributed by atoms with Crippen LogP contribution < -0.4 is 0 Å². The minimum absolute atomic E-state index is 0.921. The third kappa shape index (κ3) is 2.15. The van der Waals surface area contributed by atoms with Crippen LogP contribution in [0.25, 0.3) is 0 Å². The first kappa shape index (κ1) is 7.98. The number of pyridine rings is 1. The highest BCUT2D eigenvalue weighted by molar-refractivity contribution is 5.05. The number of aromatic amines is 1. The largest absolute Gasteiger partial charge is 0.349 e. The van der Waals surface area contributed by atoms with Gasteiger partial charge >= 0.3 is 0 Å². The number of hydrogen-bond donors (Lipinski definition) is 1. The minimum atomic E-state index is 0.921. The summed E-state index contributed by atoms with van der Waals surface area (Å²) in [5, 5.41) is 0. The Morgan fingerprint density at radius 3 is 2.77 bits per heavy atom. The van der Waals surface area contributed by atoms with E-state index < -0.39 is 0 Å². The predicted molar refractivity (Wildman–Crippen MR) is 50.2 cm³/mol. The molecule has 2 aromatic rings. The van der Waals surface area contributed by atoms with E-state index in [1.54, 1.807) is 6.20 Å². The predicted octanol–water partition coefficient (Wildman–Crippen LogP) is 1.59. The van der Waals surface area contributed by atoms with Crippen LogP contribution in [0, 0.1) is 0 Å². The molecule has 0 fully saturated rings. The Bertz CT molecular complexity index is 340. The number of hydrogen-bond acceptors (Lipinski definition) is 2. The second-order valence-electron chi connectivity index (χ2n) is 2.86. The van der Waals surface area contributed by atoms with Gasteiger partial charge in [0, 0.05) is 30.7 Å². The van der Waals surface area contributed by atoms with Crippen molar-refractivity contribution in [2.45, 2.75) is 12.8 Å². The van der Waals surface area contributed by atoms with Crippen LogP contribution in [0.15, 0.2) is 36.8 Å². The Morgan fingerprint density at radius 1 is 1.08 bits per heavy atom. The number of imidazole rings is 1. The maximum absolute atomic E-state index is 4.24. The molecular weight excluding hydrogens is 162 g/mol. The molecule has 3 heteroatoms. The van der Waals surface area contributed by atoms with Crippen molar-refractivity contribution in [2.24, 2.45) is 0 Å². The maximum Gasteiger partial charge on any atom is 0.106 e. The molecule has 2 rings (SSSR count). The smallest absolute Gasteiger partial charge is 0.106 e. The third-order valence-electron chi connectivity index (χ3n) is 1.90. The van der Waals surface area contributed by atoms with E-state index in [1.165, 1.54) is 0 Å². The van der Waals surface area contributed by atoms with E-state index in [9.17, 15) is 0 Å². The fourth-order valence-corrected chi connectivity index (χ4v) is 1.23. The molecule has 3 nitrogen and oxygen atoms in total. The van der Waals surface area contributed by atoms with E-state index >= 15 is 0 Å². The molecule has 2 heterocycles. The van der Waals surface area contributed by atoms with E-state index in [1.807, 2.05) is 30.6 Å². The highest BCUT2D eigenvalue weighted by atomic mass is 14.9. The lowest BCUT2D eigenvalue weighted by Gasteiger charge is -1.96. The summed E-state index contributed by atoms with van der Waals surface area (Å²) < 4.78 is 0. The second-order valence-corrected chi connectivity index (χ2v) is 2.86. The van der Waals surface area contributed by atoms with Crippen LogP contribution in [0.3, 0.4) is 0 Å². The normalized spacial score (nSPS) is 10.2. The van der Waals surface area contributed by atoms with Crippen LogP contribution in [0.1, 0.15) is 11.5 Å². The summed E-state index contributed by atoms with van der Waals surface area (Å²) in [6.07, 6.45) is 7.29. The Kier molecular flexibility index (Phi) is 2.36. The molecule has 0 atom stereocenters. The number of H-pyrrole nitrogens is 1. The van der Waals surface area contributed by atoms with Crippen LogP contribution in [-0.2, 0) is 12.8 Å².